The fourth-order valence-electron chi connectivity index (χ4n) is 0.927. The van der Waals surface area contributed by atoms with E-state index in [1.54, 1.807) is 13.8 Å². The van der Waals surface area contributed by atoms with E-state index in [9.17, 15) is 5.11 Å². The number of hydrogen-bond donors (Lipinski definition) is 1. The first-order chi connectivity index (χ1) is 5.54. The molecule has 0 bridgehead atoms. The van der Waals surface area contributed by atoms with E-state index in [1.807, 2.05) is 13.8 Å². The van der Waals surface area contributed by atoms with E-state index in [0.29, 0.717) is 12.3 Å². The van der Waals surface area contributed by atoms with Gasteiger partial charge in [-0.25, -0.2) is 0 Å². The molecule has 0 amide bonds. The summed E-state index contributed by atoms with van der Waals surface area (Å²) in [7, 11) is 0. The molecule has 12 heavy (non-hydrogen) atoms. The van der Waals surface area contributed by atoms with Crippen LogP contribution in [-0.2, 0) is 4.84 Å². The maximum atomic E-state index is 9.80. The normalized spacial score (nSPS) is 17.2. The molecule has 72 valence electrons. The summed E-state index contributed by atoms with van der Waals surface area (Å²) in [6.07, 6.45) is 1.65. The van der Waals surface area contributed by atoms with Crippen molar-refractivity contribution in [2.45, 2.75) is 46.1 Å². The van der Waals surface area contributed by atoms with Crippen molar-refractivity contribution >= 4 is 5.71 Å². The fourth-order valence-corrected chi connectivity index (χ4v) is 0.927. The van der Waals surface area contributed by atoms with Crippen molar-refractivity contribution < 1.29 is 9.94 Å². The van der Waals surface area contributed by atoms with E-state index < -0.39 is 5.60 Å². The van der Waals surface area contributed by atoms with Gasteiger partial charge in [0, 0.05) is 0 Å². The van der Waals surface area contributed by atoms with Crippen LogP contribution in [0.25, 0.3) is 0 Å². The van der Waals surface area contributed by atoms with Crippen LogP contribution in [0.2, 0.25) is 0 Å². The fraction of sp³-hybridized carbons (Fsp3) is 0.889. The van der Waals surface area contributed by atoms with E-state index in [1.165, 1.54) is 0 Å². The Morgan fingerprint density at radius 1 is 1.50 bits per heavy atom. The molecule has 1 unspecified atom stereocenters. The number of oxime groups is 1. The Labute approximate surface area is 74.4 Å². The maximum absolute atomic E-state index is 9.80. The highest BCUT2D eigenvalue weighted by Crippen LogP contribution is 2.13. The van der Waals surface area contributed by atoms with Crippen LogP contribution in [0, 0.1) is 0 Å². The Bertz CT molecular complexity index is 153. The molecule has 0 spiro atoms. The molecule has 0 aromatic carbocycles. The quantitative estimate of drug-likeness (QED) is 0.510. The average Bonchev–Trinajstić information content (AvgIpc) is 2.00. The Morgan fingerprint density at radius 3 is 2.50 bits per heavy atom. The molecule has 0 aromatic rings. The zero-order valence-corrected chi connectivity index (χ0v) is 8.42. The zero-order valence-electron chi connectivity index (χ0n) is 8.42. The van der Waals surface area contributed by atoms with Crippen molar-refractivity contribution in [1.82, 2.24) is 0 Å². The van der Waals surface area contributed by atoms with Gasteiger partial charge in [-0.3, -0.25) is 0 Å². The lowest BCUT2D eigenvalue weighted by Gasteiger charge is -2.21. The Morgan fingerprint density at radius 2 is 2.08 bits per heavy atom. The molecule has 0 heterocycles. The van der Waals surface area contributed by atoms with Crippen LogP contribution in [0.3, 0.4) is 0 Å². The highest BCUT2D eigenvalue weighted by atomic mass is 16.6. The van der Waals surface area contributed by atoms with Gasteiger partial charge in [-0.05, 0) is 27.2 Å². The molecule has 0 aliphatic rings. The summed E-state index contributed by atoms with van der Waals surface area (Å²) in [5, 5.41) is 13.6. The molecule has 3 nitrogen and oxygen atoms in total. The molecular formula is C9H19NO2. The van der Waals surface area contributed by atoms with Gasteiger partial charge in [0.1, 0.15) is 12.2 Å². The number of nitrogens with zero attached hydrogens (tertiary/aromatic N) is 1. The minimum Gasteiger partial charge on any atom is -0.396 e. The summed E-state index contributed by atoms with van der Waals surface area (Å²) in [4.78, 5) is 4.86. The zero-order chi connectivity index (χ0) is 9.61. The summed E-state index contributed by atoms with van der Waals surface area (Å²) in [6, 6.07) is 0. The molecule has 0 aliphatic heterocycles. The van der Waals surface area contributed by atoms with Crippen LogP contribution in [0.5, 0.6) is 0 Å². The summed E-state index contributed by atoms with van der Waals surface area (Å²) >= 11 is 0. The van der Waals surface area contributed by atoms with Gasteiger partial charge in [0.25, 0.3) is 0 Å². The maximum Gasteiger partial charge on any atom is 0.114 e. The van der Waals surface area contributed by atoms with E-state index in [0.717, 1.165) is 12.8 Å². The van der Waals surface area contributed by atoms with Gasteiger partial charge in [0.05, 0.1) is 5.71 Å². The van der Waals surface area contributed by atoms with Crippen LogP contribution in [-0.4, -0.2) is 23.0 Å². The lowest BCUT2D eigenvalue weighted by molar-refractivity contribution is 0.104. The van der Waals surface area contributed by atoms with Crippen molar-refractivity contribution in [3.8, 4) is 0 Å². The highest BCUT2D eigenvalue weighted by Gasteiger charge is 2.23. The summed E-state index contributed by atoms with van der Waals surface area (Å²) in [5.41, 5.74) is -0.171. The third-order valence-electron chi connectivity index (χ3n) is 1.85. The largest absolute Gasteiger partial charge is 0.396 e. The molecular weight excluding hydrogens is 154 g/mol. The van der Waals surface area contributed by atoms with Gasteiger partial charge in [0.2, 0.25) is 0 Å². The number of rotatable bonds is 5. The Kier molecular flexibility index (Phi) is 4.90. The Hall–Kier alpha value is -0.570. The standard InChI is InChI=1S/C9H19NO2/c1-5-7-9(4,11)8(3)10-12-6-2/h11H,5-7H2,1-4H3/b10-8-. The molecule has 3 heteroatoms. The van der Waals surface area contributed by atoms with Gasteiger partial charge in [-0.2, -0.15) is 0 Å². The second kappa shape index (κ2) is 5.14. The van der Waals surface area contributed by atoms with E-state index in [2.05, 4.69) is 5.16 Å². The molecule has 0 fully saturated rings. The summed E-state index contributed by atoms with van der Waals surface area (Å²) in [5.74, 6) is 0. The van der Waals surface area contributed by atoms with E-state index in [-0.39, 0.29) is 0 Å². The second-order valence-corrected chi connectivity index (χ2v) is 3.12. The molecule has 0 saturated heterocycles. The number of hydrogen-bond acceptors (Lipinski definition) is 3. The topological polar surface area (TPSA) is 41.8 Å². The van der Waals surface area contributed by atoms with Crippen molar-refractivity contribution in [3.05, 3.63) is 0 Å². The molecule has 0 saturated carbocycles. The molecule has 0 radical (unpaired) electrons. The van der Waals surface area contributed by atoms with Crippen LogP contribution < -0.4 is 0 Å². The third-order valence-corrected chi connectivity index (χ3v) is 1.85. The van der Waals surface area contributed by atoms with Crippen molar-refractivity contribution in [2.24, 2.45) is 5.16 Å². The van der Waals surface area contributed by atoms with Gasteiger partial charge in [-0.1, -0.05) is 18.5 Å². The predicted octanol–water partition coefficient (Wildman–Crippen LogP) is 1.95. The van der Waals surface area contributed by atoms with Gasteiger partial charge >= 0.3 is 0 Å². The van der Waals surface area contributed by atoms with Crippen molar-refractivity contribution in [3.63, 3.8) is 0 Å². The highest BCUT2D eigenvalue weighted by molar-refractivity contribution is 5.89. The minimum absolute atomic E-state index is 0.541. The van der Waals surface area contributed by atoms with Gasteiger partial charge < -0.3 is 9.94 Å². The molecule has 0 aliphatic carbocycles. The predicted molar refractivity (Wildman–Crippen MR) is 50.3 cm³/mol. The molecule has 1 atom stereocenters. The Balaban J connectivity index is 4.12. The summed E-state index contributed by atoms with van der Waals surface area (Å²) in [6.45, 7) is 7.98. The second-order valence-electron chi connectivity index (χ2n) is 3.12. The summed E-state index contributed by atoms with van der Waals surface area (Å²) < 4.78 is 0. The number of aliphatic hydroxyl groups is 1. The van der Waals surface area contributed by atoms with Crippen LogP contribution >= 0.6 is 0 Å². The van der Waals surface area contributed by atoms with Crippen molar-refractivity contribution in [2.75, 3.05) is 6.61 Å². The molecule has 0 aromatic heterocycles. The first kappa shape index (κ1) is 11.4. The molecule has 0 rings (SSSR count). The minimum atomic E-state index is -0.816. The van der Waals surface area contributed by atoms with Crippen LogP contribution in [0.1, 0.15) is 40.5 Å². The van der Waals surface area contributed by atoms with Crippen LogP contribution in [0.15, 0.2) is 5.16 Å². The van der Waals surface area contributed by atoms with E-state index in [4.69, 9.17) is 4.84 Å². The lowest BCUT2D eigenvalue weighted by atomic mass is 9.96. The lowest BCUT2D eigenvalue weighted by Crippen LogP contribution is -2.33. The smallest absolute Gasteiger partial charge is 0.114 e. The van der Waals surface area contributed by atoms with Gasteiger partial charge in [-0.15, -0.1) is 0 Å². The SMILES string of the molecule is CCCC(C)(O)/C(C)=N\OCC. The molecule has 1 N–H and O–H groups in total. The third kappa shape index (κ3) is 3.72. The first-order valence-corrected chi connectivity index (χ1v) is 4.44. The average molecular weight is 173 g/mol. The monoisotopic (exact) mass is 173 g/mol. The first-order valence-electron chi connectivity index (χ1n) is 4.44. The van der Waals surface area contributed by atoms with Gasteiger partial charge in [0.15, 0.2) is 0 Å². The van der Waals surface area contributed by atoms with Crippen molar-refractivity contribution in [1.29, 1.82) is 0 Å². The van der Waals surface area contributed by atoms with E-state index >= 15 is 0 Å². The van der Waals surface area contributed by atoms with Crippen LogP contribution in [0.4, 0.5) is 0 Å².